The number of aryl methyl sites for hydroxylation is 1. The average Bonchev–Trinajstić information content (AvgIpc) is 3.03. The van der Waals surface area contributed by atoms with Gasteiger partial charge in [-0.15, -0.1) is 0 Å². The third kappa shape index (κ3) is 8.32. The fourth-order valence-electron chi connectivity index (χ4n) is 4.57. The number of benzene rings is 1. The first kappa shape index (κ1) is 24.8. The molecule has 0 saturated heterocycles. The van der Waals surface area contributed by atoms with Gasteiger partial charge in [0.05, 0.1) is 11.7 Å². The van der Waals surface area contributed by atoms with Gasteiger partial charge in [-0.1, -0.05) is 36.8 Å². The molecule has 5 N–H and O–H groups in total. The first-order valence-corrected chi connectivity index (χ1v) is 11.0. The summed E-state index contributed by atoms with van der Waals surface area (Å²) in [5.41, 5.74) is 2.75. The number of nitrogens with one attached hydrogen (secondary N) is 1. The molecule has 1 aliphatic carbocycles. The number of unbranched alkanes of at least 4 members (excludes halogenated alkanes) is 1. The van der Waals surface area contributed by atoms with Crippen LogP contribution in [-0.4, -0.2) is 57.5 Å². The van der Waals surface area contributed by atoms with Gasteiger partial charge in [-0.05, 0) is 69.3 Å². The van der Waals surface area contributed by atoms with Gasteiger partial charge in [-0.2, -0.15) is 0 Å². The number of hydrogen-bond acceptors (Lipinski definition) is 6. The molecule has 1 aliphatic rings. The molecule has 7 nitrogen and oxygen atoms in total. The minimum Gasteiger partial charge on any atom is -0.480 e. The Labute approximate surface area is 179 Å². The molecule has 7 heteroatoms. The molecular formula is C23H37NO6. The van der Waals surface area contributed by atoms with Crippen LogP contribution in [0.1, 0.15) is 57.4 Å². The molecule has 0 aromatic heterocycles. The second-order valence-corrected chi connectivity index (χ2v) is 8.83. The van der Waals surface area contributed by atoms with E-state index in [-0.39, 0.29) is 24.5 Å². The quantitative estimate of drug-likeness (QED) is 0.231. The highest BCUT2D eigenvalue weighted by atomic mass is 16.5. The SMILES string of the molecule is CC(O)(CCc1ccccc1)CCC1C(NO)CC(O)C1CCCCOCC(=O)O. The van der Waals surface area contributed by atoms with E-state index in [9.17, 15) is 20.2 Å². The second kappa shape index (κ2) is 12.4. The molecule has 0 aliphatic heterocycles. The van der Waals surface area contributed by atoms with Crippen LogP contribution in [-0.2, 0) is 16.0 Å². The van der Waals surface area contributed by atoms with E-state index in [1.165, 1.54) is 5.56 Å². The summed E-state index contributed by atoms with van der Waals surface area (Å²) in [6.07, 6.45) is 5.13. The molecule has 2 rings (SSSR count). The highest BCUT2D eigenvalue weighted by Gasteiger charge is 2.42. The Kier molecular flexibility index (Phi) is 10.2. The number of hydroxylamine groups is 1. The van der Waals surface area contributed by atoms with E-state index < -0.39 is 17.7 Å². The van der Waals surface area contributed by atoms with Crippen molar-refractivity contribution >= 4 is 5.97 Å². The van der Waals surface area contributed by atoms with Crippen molar-refractivity contribution in [1.82, 2.24) is 5.48 Å². The zero-order valence-electron chi connectivity index (χ0n) is 17.9. The monoisotopic (exact) mass is 423 g/mol. The highest BCUT2D eigenvalue weighted by molar-refractivity contribution is 5.67. The van der Waals surface area contributed by atoms with Crippen molar-refractivity contribution in [3.05, 3.63) is 35.9 Å². The molecule has 0 heterocycles. The highest BCUT2D eigenvalue weighted by Crippen LogP contribution is 2.40. The summed E-state index contributed by atoms with van der Waals surface area (Å²) in [5.74, 6) is -0.857. The fourth-order valence-corrected chi connectivity index (χ4v) is 4.57. The smallest absolute Gasteiger partial charge is 0.329 e. The number of carboxylic acids is 1. The second-order valence-electron chi connectivity index (χ2n) is 8.83. The van der Waals surface area contributed by atoms with Gasteiger partial charge in [0.15, 0.2) is 0 Å². The number of rotatable bonds is 14. The largest absolute Gasteiger partial charge is 0.480 e. The molecular weight excluding hydrogens is 386 g/mol. The van der Waals surface area contributed by atoms with Crippen LogP contribution >= 0.6 is 0 Å². The number of aliphatic hydroxyl groups excluding tert-OH is 1. The van der Waals surface area contributed by atoms with Gasteiger partial charge in [0.2, 0.25) is 0 Å². The lowest BCUT2D eigenvalue weighted by Crippen LogP contribution is -2.34. The van der Waals surface area contributed by atoms with Gasteiger partial charge in [0.25, 0.3) is 0 Å². The van der Waals surface area contributed by atoms with Crippen LogP contribution in [0.5, 0.6) is 0 Å². The number of hydrogen-bond donors (Lipinski definition) is 5. The van der Waals surface area contributed by atoms with Crippen LogP contribution in [0.25, 0.3) is 0 Å². The Morgan fingerprint density at radius 1 is 1.17 bits per heavy atom. The van der Waals surface area contributed by atoms with E-state index in [2.05, 4.69) is 17.6 Å². The minimum absolute atomic E-state index is 0.0408. The maximum atomic E-state index is 10.9. The Hall–Kier alpha value is -1.51. The van der Waals surface area contributed by atoms with Crippen LogP contribution in [0, 0.1) is 11.8 Å². The molecule has 0 radical (unpaired) electrons. The fraction of sp³-hybridized carbons (Fsp3) is 0.696. The summed E-state index contributed by atoms with van der Waals surface area (Å²) < 4.78 is 5.06. The van der Waals surface area contributed by atoms with E-state index in [0.29, 0.717) is 25.9 Å². The summed E-state index contributed by atoms with van der Waals surface area (Å²) in [6, 6.07) is 9.92. The zero-order chi connectivity index (χ0) is 22.0. The van der Waals surface area contributed by atoms with Crippen molar-refractivity contribution in [2.75, 3.05) is 13.2 Å². The van der Waals surface area contributed by atoms with E-state index in [4.69, 9.17) is 9.84 Å². The number of aliphatic hydroxyl groups is 2. The molecule has 1 fully saturated rings. The molecule has 1 aromatic rings. The molecule has 170 valence electrons. The lowest BCUT2D eigenvalue weighted by molar-refractivity contribution is -0.142. The van der Waals surface area contributed by atoms with Gasteiger partial charge in [0, 0.05) is 12.6 Å². The third-order valence-electron chi connectivity index (χ3n) is 6.34. The number of aliphatic carboxylic acids is 1. The summed E-state index contributed by atoms with van der Waals surface area (Å²) in [7, 11) is 0. The topological polar surface area (TPSA) is 119 Å². The first-order chi connectivity index (χ1) is 14.3. The maximum absolute atomic E-state index is 10.9. The lowest BCUT2D eigenvalue weighted by Gasteiger charge is -2.30. The van der Waals surface area contributed by atoms with Gasteiger partial charge < -0.3 is 25.3 Å². The summed E-state index contributed by atoms with van der Waals surface area (Å²) in [4.78, 5) is 10.5. The van der Waals surface area contributed by atoms with Crippen LogP contribution < -0.4 is 5.48 Å². The van der Waals surface area contributed by atoms with Gasteiger partial charge in [-0.3, -0.25) is 0 Å². The van der Waals surface area contributed by atoms with Crippen molar-refractivity contribution in [1.29, 1.82) is 0 Å². The lowest BCUT2D eigenvalue weighted by atomic mass is 9.81. The van der Waals surface area contributed by atoms with Crippen LogP contribution in [0.2, 0.25) is 0 Å². The van der Waals surface area contributed by atoms with Gasteiger partial charge in [0.1, 0.15) is 6.61 Å². The van der Waals surface area contributed by atoms with Crippen molar-refractivity contribution in [2.24, 2.45) is 11.8 Å². The third-order valence-corrected chi connectivity index (χ3v) is 6.34. The Balaban J connectivity index is 1.81. The Morgan fingerprint density at radius 3 is 2.57 bits per heavy atom. The Bertz CT molecular complexity index is 623. The predicted molar refractivity (Wildman–Crippen MR) is 113 cm³/mol. The minimum atomic E-state index is -0.975. The van der Waals surface area contributed by atoms with E-state index >= 15 is 0 Å². The van der Waals surface area contributed by atoms with E-state index in [1.54, 1.807) is 0 Å². The standard InChI is InChI=1S/C23H37NO6/c1-23(28,12-10-17-7-3-2-4-8-17)13-11-18-19(21(25)15-20(18)24-29)9-5-6-14-30-16-22(26)27/h2-4,7-8,18-21,24-25,28-29H,5-6,9-16H2,1H3,(H,26,27). The summed E-state index contributed by atoms with van der Waals surface area (Å²) in [5, 5.41) is 39.5. The van der Waals surface area contributed by atoms with Crippen molar-refractivity contribution in [3.8, 4) is 0 Å². The number of ether oxygens (including phenoxy) is 1. The molecule has 30 heavy (non-hydrogen) atoms. The maximum Gasteiger partial charge on any atom is 0.329 e. The molecule has 0 amide bonds. The van der Waals surface area contributed by atoms with E-state index in [1.807, 2.05) is 25.1 Å². The summed E-state index contributed by atoms with van der Waals surface area (Å²) >= 11 is 0. The molecule has 1 saturated carbocycles. The normalized spacial score (nSPS) is 25.9. The Morgan fingerprint density at radius 2 is 1.90 bits per heavy atom. The van der Waals surface area contributed by atoms with E-state index in [0.717, 1.165) is 32.1 Å². The number of carboxylic acid groups (broad SMARTS) is 1. The zero-order valence-corrected chi connectivity index (χ0v) is 17.9. The molecule has 5 unspecified atom stereocenters. The average molecular weight is 424 g/mol. The summed E-state index contributed by atoms with van der Waals surface area (Å²) in [6.45, 7) is 1.95. The van der Waals surface area contributed by atoms with Crippen LogP contribution in [0.3, 0.4) is 0 Å². The first-order valence-electron chi connectivity index (χ1n) is 11.0. The van der Waals surface area contributed by atoms with Crippen molar-refractivity contribution in [2.45, 2.75) is 76.0 Å². The van der Waals surface area contributed by atoms with Crippen molar-refractivity contribution < 1.29 is 30.1 Å². The van der Waals surface area contributed by atoms with Gasteiger partial charge in [-0.25, -0.2) is 10.3 Å². The molecule has 1 aromatic carbocycles. The number of carbonyl (C=O) groups is 1. The van der Waals surface area contributed by atoms with Crippen molar-refractivity contribution in [3.63, 3.8) is 0 Å². The molecule has 0 bridgehead atoms. The van der Waals surface area contributed by atoms with Gasteiger partial charge >= 0.3 is 5.97 Å². The molecule has 0 spiro atoms. The van der Waals surface area contributed by atoms with Crippen LogP contribution in [0.15, 0.2) is 30.3 Å². The molecule has 5 atom stereocenters. The predicted octanol–water partition coefficient (Wildman–Crippen LogP) is 2.77. The van der Waals surface area contributed by atoms with Crippen LogP contribution in [0.4, 0.5) is 0 Å².